The lowest BCUT2D eigenvalue weighted by Crippen LogP contribution is -2.32. The maximum absolute atomic E-state index is 11.9. The molecular formula is C17H29NO3. The first-order valence-corrected chi connectivity index (χ1v) is 8.66. The van der Waals surface area contributed by atoms with Gasteiger partial charge in [0.1, 0.15) is 0 Å². The highest BCUT2D eigenvalue weighted by Gasteiger charge is 2.32. The van der Waals surface area contributed by atoms with Gasteiger partial charge in [-0.2, -0.15) is 0 Å². The van der Waals surface area contributed by atoms with Crippen LogP contribution in [-0.4, -0.2) is 23.5 Å². The van der Waals surface area contributed by atoms with Gasteiger partial charge in [0, 0.05) is 13.0 Å². The number of carbonyl (C=O) groups excluding carboxylic acids is 1. The lowest BCUT2D eigenvalue weighted by Gasteiger charge is -2.21. The Labute approximate surface area is 127 Å². The second kappa shape index (κ2) is 8.40. The van der Waals surface area contributed by atoms with Gasteiger partial charge in [-0.05, 0) is 37.5 Å². The zero-order chi connectivity index (χ0) is 15.1. The molecule has 0 aromatic carbocycles. The van der Waals surface area contributed by atoms with Gasteiger partial charge < -0.3 is 10.4 Å². The lowest BCUT2D eigenvalue weighted by atomic mass is 9.86. The summed E-state index contributed by atoms with van der Waals surface area (Å²) in [4.78, 5) is 23.0. The van der Waals surface area contributed by atoms with Crippen LogP contribution in [0.15, 0.2) is 0 Å². The van der Waals surface area contributed by atoms with Crippen molar-refractivity contribution in [1.82, 2.24) is 5.32 Å². The highest BCUT2D eigenvalue weighted by Crippen LogP contribution is 2.31. The molecule has 2 N–H and O–H groups in total. The Morgan fingerprint density at radius 3 is 2.48 bits per heavy atom. The van der Waals surface area contributed by atoms with Crippen LogP contribution in [0.1, 0.15) is 70.6 Å². The van der Waals surface area contributed by atoms with E-state index in [1.54, 1.807) is 0 Å². The topological polar surface area (TPSA) is 66.4 Å². The zero-order valence-corrected chi connectivity index (χ0v) is 13.0. The first-order valence-electron chi connectivity index (χ1n) is 8.66. The van der Waals surface area contributed by atoms with Crippen LogP contribution < -0.4 is 5.32 Å². The predicted octanol–water partition coefficient (Wildman–Crippen LogP) is 3.35. The quantitative estimate of drug-likeness (QED) is 0.757. The summed E-state index contributed by atoms with van der Waals surface area (Å²) in [5.41, 5.74) is 0. The molecule has 2 rings (SSSR count). The second-order valence-corrected chi connectivity index (χ2v) is 6.84. The third-order valence-electron chi connectivity index (χ3n) is 5.28. The standard InChI is InChI=1S/C17H29NO3/c19-16(11-4-8-13-6-2-1-3-7-13)18-12-14-9-5-10-15(14)17(20)21/h13-15H,1-12H2,(H,18,19)(H,20,21). The van der Waals surface area contributed by atoms with Gasteiger partial charge in [0.25, 0.3) is 0 Å². The maximum atomic E-state index is 11.9. The van der Waals surface area contributed by atoms with Gasteiger partial charge >= 0.3 is 5.97 Å². The molecule has 0 aliphatic heterocycles. The highest BCUT2D eigenvalue weighted by atomic mass is 16.4. The van der Waals surface area contributed by atoms with Crippen LogP contribution in [0.2, 0.25) is 0 Å². The monoisotopic (exact) mass is 295 g/mol. The maximum Gasteiger partial charge on any atom is 0.306 e. The molecule has 2 aliphatic carbocycles. The van der Waals surface area contributed by atoms with Crippen molar-refractivity contribution in [3.63, 3.8) is 0 Å². The summed E-state index contributed by atoms with van der Waals surface area (Å²) in [6.07, 6.45) is 12.2. The summed E-state index contributed by atoms with van der Waals surface area (Å²) in [7, 11) is 0. The highest BCUT2D eigenvalue weighted by molar-refractivity contribution is 5.76. The normalized spacial score (nSPS) is 26.7. The van der Waals surface area contributed by atoms with Gasteiger partial charge in [-0.1, -0.05) is 38.5 Å². The summed E-state index contributed by atoms with van der Waals surface area (Å²) in [6.45, 7) is 0.541. The van der Waals surface area contributed by atoms with Crippen molar-refractivity contribution >= 4 is 11.9 Å². The summed E-state index contributed by atoms with van der Waals surface area (Å²) >= 11 is 0. The van der Waals surface area contributed by atoms with Crippen LogP contribution in [0.3, 0.4) is 0 Å². The van der Waals surface area contributed by atoms with Crippen molar-refractivity contribution < 1.29 is 14.7 Å². The van der Waals surface area contributed by atoms with Crippen LogP contribution in [0.5, 0.6) is 0 Å². The number of amides is 1. The molecule has 0 heterocycles. The van der Waals surface area contributed by atoms with Gasteiger partial charge in [0.05, 0.1) is 5.92 Å². The molecule has 2 unspecified atom stereocenters. The Balaban J connectivity index is 1.57. The zero-order valence-electron chi connectivity index (χ0n) is 13.0. The smallest absolute Gasteiger partial charge is 0.306 e. The van der Waals surface area contributed by atoms with Crippen LogP contribution >= 0.6 is 0 Å². The average Bonchev–Trinajstić information content (AvgIpc) is 2.95. The second-order valence-electron chi connectivity index (χ2n) is 6.84. The number of hydrogen-bond donors (Lipinski definition) is 2. The van der Waals surface area contributed by atoms with Gasteiger partial charge in [-0.15, -0.1) is 0 Å². The largest absolute Gasteiger partial charge is 0.481 e. The number of nitrogens with one attached hydrogen (secondary N) is 1. The van der Waals surface area contributed by atoms with E-state index in [2.05, 4.69) is 5.32 Å². The van der Waals surface area contributed by atoms with Crippen molar-refractivity contribution in [3.05, 3.63) is 0 Å². The van der Waals surface area contributed by atoms with E-state index in [-0.39, 0.29) is 17.7 Å². The summed E-state index contributed by atoms with van der Waals surface area (Å²) < 4.78 is 0. The number of rotatable bonds is 7. The number of carboxylic acid groups (broad SMARTS) is 1. The van der Waals surface area contributed by atoms with Crippen LogP contribution in [0.4, 0.5) is 0 Å². The number of aliphatic carboxylic acids is 1. The van der Waals surface area contributed by atoms with Crippen molar-refractivity contribution in [2.45, 2.75) is 70.6 Å². The SMILES string of the molecule is O=C(CCCC1CCCCC1)NCC1CCCC1C(=O)O. The molecule has 0 bridgehead atoms. The van der Waals surface area contributed by atoms with E-state index in [1.807, 2.05) is 0 Å². The average molecular weight is 295 g/mol. The van der Waals surface area contributed by atoms with Crippen LogP contribution in [-0.2, 0) is 9.59 Å². The molecule has 1 amide bonds. The van der Waals surface area contributed by atoms with Gasteiger partial charge in [0.2, 0.25) is 5.91 Å². The fourth-order valence-electron chi connectivity index (χ4n) is 3.97. The minimum absolute atomic E-state index is 0.0989. The Bertz CT molecular complexity index is 350. The lowest BCUT2D eigenvalue weighted by molar-refractivity contribution is -0.143. The molecule has 0 spiro atoms. The molecule has 120 valence electrons. The fraction of sp³-hybridized carbons (Fsp3) is 0.882. The van der Waals surface area contributed by atoms with Crippen molar-refractivity contribution in [1.29, 1.82) is 0 Å². The first kappa shape index (κ1) is 16.3. The molecule has 0 aromatic rings. The third-order valence-corrected chi connectivity index (χ3v) is 5.28. The van der Waals surface area contributed by atoms with Crippen molar-refractivity contribution in [3.8, 4) is 0 Å². The Hall–Kier alpha value is -1.06. The van der Waals surface area contributed by atoms with Crippen molar-refractivity contribution in [2.75, 3.05) is 6.54 Å². The summed E-state index contributed by atoms with van der Waals surface area (Å²) in [6, 6.07) is 0. The van der Waals surface area contributed by atoms with E-state index in [0.717, 1.165) is 31.6 Å². The summed E-state index contributed by atoms with van der Waals surface area (Å²) in [5, 5.41) is 12.1. The minimum atomic E-state index is -0.705. The number of carbonyl (C=O) groups is 2. The van der Waals surface area contributed by atoms with E-state index < -0.39 is 5.97 Å². The third kappa shape index (κ3) is 5.33. The molecule has 2 atom stereocenters. The van der Waals surface area contributed by atoms with Crippen LogP contribution in [0.25, 0.3) is 0 Å². The number of hydrogen-bond acceptors (Lipinski definition) is 2. The number of carboxylic acids is 1. The molecular weight excluding hydrogens is 266 g/mol. The van der Waals surface area contributed by atoms with E-state index in [9.17, 15) is 9.59 Å². The van der Waals surface area contributed by atoms with Gasteiger partial charge in [-0.3, -0.25) is 9.59 Å². The molecule has 0 saturated heterocycles. The Morgan fingerprint density at radius 1 is 1.00 bits per heavy atom. The van der Waals surface area contributed by atoms with Gasteiger partial charge in [-0.25, -0.2) is 0 Å². The van der Waals surface area contributed by atoms with Crippen LogP contribution in [0, 0.1) is 17.8 Å². The Kier molecular flexibility index (Phi) is 6.52. The molecule has 21 heavy (non-hydrogen) atoms. The molecule has 0 radical (unpaired) electrons. The van der Waals surface area contributed by atoms with Gasteiger partial charge in [0.15, 0.2) is 0 Å². The molecule has 4 heteroatoms. The predicted molar refractivity (Wildman–Crippen MR) is 81.9 cm³/mol. The van der Waals surface area contributed by atoms with E-state index in [0.29, 0.717) is 13.0 Å². The molecule has 0 aromatic heterocycles. The first-order chi connectivity index (χ1) is 10.2. The molecule has 2 saturated carbocycles. The fourth-order valence-corrected chi connectivity index (χ4v) is 3.97. The van der Waals surface area contributed by atoms with E-state index >= 15 is 0 Å². The molecule has 4 nitrogen and oxygen atoms in total. The molecule has 2 aliphatic rings. The Morgan fingerprint density at radius 2 is 1.76 bits per heavy atom. The molecule has 2 fully saturated rings. The minimum Gasteiger partial charge on any atom is -0.481 e. The van der Waals surface area contributed by atoms with E-state index in [1.165, 1.54) is 38.5 Å². The van der Waals surface area contributed by atoms with E-state index in [4.69, 9.17) is 5.11 Å². The summed E-state index contributed by atoms with van der Waals surface area (Å²) in [5.74, 6) is 0.0981. The van der Waals surface area contributed by atoms with Crippen molar-refractivity contribution in [2.24, 2.45) is 17.8 Å².